The highest BCUT2D eigenvalue weighted by Crippen LogP contribution is 2.33. The lowest BCUT2D eigenvalue weighted by Gasteiger charge is -2.23. The molecule has 3 heterocycles. The van der Waals surface area contributed by atoms with Crippen LogP contribution in [0.25, 0.3) is 22.4 Å². The first-order chi connectivity index (χ1) is 19.9. The number of rotatable bonds is 3. The Morgan fingerprint density at radius 2 is 1.80 bits per heavy atom. The Hall–Kier alpha value is -4.56. The maximum Gasteiger partial charge on any atom is 0.254 e. The minimum absolute atomic E-state index is 0.131. The van der Waals surface area contributed by atoms with Gasteiger partial charge >= 0.3 is 0 Å². The molecule has 2 aromatic heterocycles. The Morgan fingerprint density at radius 3 is 2.54 bits per heavy atom. The summed E-state index contributed by atoms with van der Waals surface area (Å²) in [5, 5.41) is 3.47. The van der Waals surface area contributed by atoms with Gasteiger partial charge in [0.15, 0.2) is 0 Å². The van der Waals surface area contributed by atoms with Crippen molar-refractivity contribution in [1.82, 2.24) is 19.9 Å². The van der Waals surface area contributed by atoms with E-state index in [1.165, 1.54) is 6.20 Å². The zero-order valence-corrected chi connectivity index (χ0v) is 23.7. The minimum atomic E-state index is -0.393. The maximum absolute atomic E-state index is 13.7. The highest BCUT2D eigenvalue weighted by atomic mass is 35.5. The Bertz CT molecular complexity index is 1700. The lowest BCUT2D eigenvalue weighted by Crippen LogP contribution is -2.33. The molecule has 1 amide bonds. The van der Waals surface area contributed by atoms with Crippen molar-refractivity contribution in [2.75, 3.05) is 7.05 Å². The molecule has 3 N–H and O–H groups in total. The van der Waals surface area contributed by atoms with Crippen LogP contribution in [0.4, 0.5) is 0 Å². The Balaban J connectivity index is 1.59. The molecule has 0 saturated heterocycles. The molecule has 0 aliphatic carbocycles. The molecule has 0 saturated carbocycles. The number of hydrogen-bond acceptors (Lipinski definition) is 6. The fourth-order valence-electron chi connectivity index (χ4n) is 5.19. The third kappa shape index (κ3) is 5.98. The van der Waals surface area contributed by atoms with Crippen LogP contribution in [0.1, 0.15) is 43.5 Å². The second-order valence-electron chi connectivity index (χ2n) is 10.0. The van der Waals surface area contributed by atoms with Gasteiger partial charge in [-0.05, 0) is 48.2 Å². The fourth-order valence-corrected chi connectivity index (χ4v) is 5.36. The molecule has 1 aliphatic heterocycles. The number of aliphatic imine (C=N–C) groups is 1. The minimum Gasteiger partial charge on any atom is -0.403 e. The number of hydrogen-bond donors (Lipinski definition) is 2. The van der Waals surface area contributed by atoms with E-state index in [1.54, 1.807) is 30.2 Å². The molecular weight excluding hydrogens is 536 g/mol. The molecule has 2 bridgehead atoms. The number of carbonyl (C=O) groups excluding carboxylic acids is 1. The first-order valence-corrected chi connectivity index (χ1v) is 13.9. The molecule has 2 atom stereocenters. The topological polar surface area (TPSA) is 115 Å². The van der Waals surface area contributed by atoms with E-state index in [-0.39, 0.29) is 17.4 Å². The van der Waals surface area contributed by atoms with Crippen LogP contribution in [0, 0.1) is 5.92 Å². The number of halogens is 1. The molecule has 208 valence electrons. The molecule has 0 radical (unpaired) electrons. The van der Waals surface area contributed by atoms with Crippen LogP contribution in [0.2, 0.25) is 5.02 Å². The summed E-state index contributed by atoms with van der Waals surface area (Å²) in [6.07, 6.45) is 6.53. The van der Waals surface area contributed by atoms with Crippen molar-refractivity contribution in [2.45, 2.75) is 32.2 Å². The summed E-state index contributed by atoms with van der Waals surface area (Å²) < 4.78 is 1.61. The Morgan fingerprint density at radius 1 is 1.00 bits per heavy atom. The summed E-state index contributed by atoms with van der Waals surface area (Å²) in [7, 11) is 1.64. The number of carbonyl (C=O) groups is 1. The molecule has 8 nitrogen and oxygen atoms in total. The van der Waals surface area contributed by atoms with Crippen LogP contribution in [0.15, 0.2) is 101 Å². The second kappa shape index (κ2) is 12.3. The van der Waals surface area contributed by atoms with E-state index >= 15 is 0 Å². The molecule has 9 heteroatoms. The number of nitrogens with one attached hydrogen (secondary N) is 1. The molecular formula is C32H31ClN6O2. The van der Waals surface area contributed by atoms with Gasteiger partial charge in [-0.1, -0.05) is 61.3 Å². The molecule has 41 heavy (non-hydrogen) atoms. The zero-order valence-electron chi connectivity index (χ0n) is 22.9. The average molecular weight is 567 g/mol. The summed E-state index contributed by atoms with van der Waals surface area (Å²) in [6, 6.07) is 20.4. The van der Waals surface area contributed by atoms with Crippen molar-refractivity contribution < 1.29 is 4.79 Å². The standard InChI is InChI=1S/C32H31ClN6O2/c1-20-7-6-10-29(27-15-22(13-14-36-27)31(35-2)28(18-34)38-32(20)41)39-19-37-26(17-30(39)40)25-16-23(33)11-12-24(25)21-8-4-3-5-9-21/h3-5,8-9,11-20,29H,6-7,10,34H2,1-2H3,(H,38,41). The van der Waals surface area contributed by atoms with Gasteiger partial charge < -0.3 is 11.1 Å². The number of nitrogens with zero attached hydrogens (tertiary/aromatic N) is 4. The molecule has 2 unspecified atom stereocenters. The van der Waals surface area contributed by atoms with Gasteiger partial charge in [-0.3, -0.25) is 24.1 Å². The smallest absolute Gasteiger partial charge is 0.254 e. The number of benzene rings is 2. The summed E-state index contributed by atoms with van der Waals surface area (Å²) in [6.45, 7) is 1.88. The van der Waals surface area contributed by atoms with E-state index in [9.17, 15) is 9.59 Å². The van der Waals surface area contributed by atoms with Crippen LogP contribution in [0.5, 0.6) is 0 Å². The number of nitrogens with two attached hydrogens (primary N) is 1. The molecule has 0 spiro atoms. The predicted molar refractivity (Wildman–Crippen MR) is 163 cm³/mol. The van der Waals surface area contributed by atoms with Gasteiger partial charge in [-0.15, -0.1) is 0 Å². The normalized spacial score (nSPS) is 19.8. The van der Waals surface area contributed by atoms with Crippen LogP contribution >= 0.6 is 11.6 Å². The monoisotopic (exact) mass is 566 g/mol. The summed E-state index contributed by atoms with van der Waals surface area (Å²) >= 11 is 6.37. The quantitative estimate of drug-likeness (QED) is 0.346. The number of fused-ring (bicyclic) bond motifs is 2. The van der Waals surface area contributed by atoms with Crippen molar-refractivity contribution in [3.8, 4) is 22.4 Å². The van der Waals surface area contributed by atoms with E-state index in [0.717, 1.165) is 22.3 Å². The Labute approximate surface area is 243 Å². The van der Waals surface area contributed by atoms with Crippen molar-refractivity contribution in [1.29, 1.82) is 0 Å². The number of aromatic nitrogens is 3. The van der Waals surface area contributed by atoms with Crippen LogP contribution in [-0.2, 0) is 4.79 Å². The number of allylic oxidation sites excluding steroid dienone is 1. The summed E-state index contributed by atoms with van der Waals surface area (Å²) in [4.78, 5) is 40.3. The van der Waals surface area contributed by atoms with Gasteiger partial charge in [0.1, 0.15) is 0 Å². The third-order valence-corrected chi connectivity index (χ3v) is 7.61. The van der Waals surface area contributed by atoms with Gasteiger partial charge in [0.05, 0.1) is 35.2 Å². The van der Waals surface area contributed by atoms with Gasteiger partial charge in [0.2, 0.25) is 5.91 Å². The van der Waals surface area contributed by atoms with Crippen molar-refractivity contribution in [2.24, 2.45) is 16.6 Å². The van der Waals surface area contributed by atoms with Crippen LogP contribution in [0.3, 0.4) is 0 Å². The molecule has 4 aromatic rings. The molecule has 2 aromatic carbocycles. The second-order valence-corrected chi connectivity index (χ2v) is 10.5. The summed E-state index contributed by atoms with van der Waals surface area (Å²) in [5.41, 5.74) is 11.3. The van der Waals surface area contributed by atoms with Crippen LogP contribution < -0.4 is 16.6 Å². The average Bonchev–Trinajstić information content (AvgIpc) is 2.99. The SMILES string of the molecule is CN=C1C(=CN)NC(=O)C(C)CCCC(n2cnc(-c3cc(Cl)ccc3-c3ccccc3)cc2=O)c2cc1ccn2. The van der Waals surface area contributed by atoms with Gasteiger partial charge in [0, 0.05) is 47.6 Å². The molecule has 5 rings (SSSR count). The number of pyridine rings is 1. The first-order valence-electron chi connectivity index (χ1n) is 13.5. The van der Waals surface area contributed by atoms with Crippen molar-refractivity contribution >= 4 is 23.2 Å². The van der Waals surface area contributed by atoms with Gasteiger partial charge in [-0.25, -0.2) is 4.98 Å². The van der Waals surface area contributed by atoms with Crippen LogP contribution in [-0.4, -0.2) is 33.2 Å². The van der Waals surface area contributed by atoms with E-state index in [2.05, 4.69) is 15.3 Å². The number of amides is 1. The lowest BCUT2D eigenvalue weighted by atomic mass is 9.96. The summed E-state index contributed by atoms with van der Waals surface area (Å²) in [5.74, 6) is -0.390. The van der Waals surface area contributed by atoms with Crippen molar-refractivity contribution in [3.63, 3.8) is 0 Å². The largest absolute Gasteiger partial charge is 0.403 e. The zero-order chi connectivity index (χ0) is 28.9. The highest BCUT2D eigenvalue weighted by molar-refractivity contribution is 6.31. The fraction of sp³-hybridized carbons (Fsp3) is 0.219. The highest BCUT2D eigenvalue weighted by Gasteiger charge is 2.24. The predicted octanol–water partition coefficient (Wildman–Crippen LogP) is 5.37. The van der Waals surface area contributed by atoms with E-state index in [1.807, 2.05) is 67.6 Å². The molecule has 1 aliphatic rings. The first kappa shape index (κ1) is 28.0. The van der Waals surface area contributed by atoms with Gasteiger partial charge in [0.25, 0.3) is 5.56 Å². The Kier molecular flexibility index (Phi) is 8.40. The van der Waals surface area contributed by atoms with Crippen molar-refractivity contribution in [3.05, 3.63) is 118 Å². The molecule has 0 fully saturated rings. The maximum atomic E-state index is 13.7. The van der Waals surface area contributed by atoms with E-state index in [4.69, 9.17) is 22.3 Å². The van der Waals surface area contributed by atoms with Gasteiger partial charge in [-0.2, -0.15) is 0 Å². The van der Waals surface area contributed by atoms with E-state index < -0.39 is 6.04 Å². The lowest BCUT2D eigenvalue weighted by molar-refractivity contribution is -0.123. The van der Waals surface area contributed by atoms with E-state index in [0.29, 0.717) is 47.1 Å². The third-order valence-electron chi connectivity index (χ3n) is 7.38.